The zero-order valence-electron chi connectivity index (χ0n) is 21.9. The van der Waals surface area contributed by atoms with Crippen LogP contribution < -0.4 is 0 Å². The molecule has 0 spiro atoms. The molecule has 1 nitrogen and oxygen atoms in total. The van der Waals surface area contributed by atoms with E-state index in [1.807, 2.05) is 0 Å². The first-order chi connectivity index (χ1) is 15.8. The van der Waals surface area contributed by atoms with Crippen LogP contribution in [0.25, 0.3) is 0 Å². The van der Waals surface area contributed by atoms with Gasteiger partial charge in [0.2, 0.25) is 0 Å². The molecule has 186 valence electrons. The van der Waals surface area contributed by atoms with Crippen LogP contribution in [-0.4, -0.2) is 12.7 Å². The van der Waals surface area contributed by atoms with Gasteiger partial charge in [-0.25, -0.2) is 0 Å². The van der Waals surface area contributed by atoms with Gasteiger partial charge < -0.3 is 4.74 Å². The SMILES string of the molecule is CCCCC[C@H]1CC[C@H](/C=C/CO[C@H]2CC[C@H](CC[C@H]3CC[C@H](CCC)CC3)CC2)CC1. The molecule has 0 unspecified atom stereocenters. The summed E-state index contributed by atoms with van der Waals surface area (Å²) < 4.78 is 6.25. The fraction of sp³-hybridized carbons (Fsp3) is 0.935. The van der Waals surface area contributed by atoms with Gasteiger partial charge in [-0.3, -0.25) is 0 Å². The van der Waals surface area contributed by atoms with E-state index in [0.717, 1.165) is 36.2 Å². The molecule has 0 saturated heterocycles. The maximum absolute atomic E-state index is 6.25. The van der Waals surface area contributed by atoms with E-state index in [0.29, 0.717) is 6.10 Å². The Kier molecular flexibility index (Phi) is 12.8. The quantitative estimate of drug-likeness (QED) is 0.203. The molecule has 3 aliphatic rings. The molecule has 32 heavy (non-hydrogen) atoms. The molecule has 3 rings (SSSR count). The molecule has 0 atom stereocenters. The summed E-state index contributed by atoms with van der Waals surface area (Å²) >= 11 is 0. The Labute approximate surface area is 201 Å². The van der Waals surface area contributed by atoms with Crippen LogP contribution in [0.4, 0.5) is 0 Å². The highest BCUT2D eigenvalue weighted by Gasteiger charge is 2.25. The van der Waals surface area contributed by atoms with Gasteiger partial charge in [0.15, 0.2) is 0 Å². The molecular weight excluding hydrogens is 388 g/mol. The summed E-state index contributed by atoms with van der Waals surface area (Å²) in [7, 11) is 0. The highest BCUT2D eigenvalue weighted by Crippen LogP contribution is 2.37. The maximum Gasteiger partial charge on any atom is 0.0651 e. The second-order valence-electron chi connectivity index (χ2n) is 11.9. The monoisotopic (exact) mass is 444 g/mol. The first-order valence-electron chi connectivity index (χ1n) is 15.0. The standard InChI is InChI=1S/C31H56O/c1-3-5-6-9-27-13-15-28(16-14-27)10-7-25-32-31-23-21-30(22-24-31)20-19-29-17-11-26(8-4-2)12-18-29/h7,10,26-31H,3-6,8-9,11-25H2,1-2H3/b10-7+/t26-,27-,28-,29-,30-,31-. The molecular formula is C31H56O. The van der Waals surface area contributed by atoms with Gasteiger partial charge in [0.1, 0.15) is 0 Å². The van der Waals surface area contributed by atoms with E-state index >= 15 is 0 Å². The fourth-order valence-corrected chi connectivity index (χ4v) is 7.07. The lowest BCUT2D eigenvalue weighted by molar-refractivity contribution is 0.0323. The molecule has 3 saturated carbocycles. The molecule has 0 bridgehead atoms. The number of unbranched alkanes of at least 4 members (excludes halogenated alkanes) is 2. The Balaban J connectivity index is 1.18. The average Bonchev–Trinajstić information content (AvgIpc) is 2.83. The number of allylic oxidation sites excluding steroid dienone is 1. The van der Waals surface area contributed by atoms with E-state index in [1.165, 1.54) is 128 Å². The molecule has 0 aliphatic heterocycles. The average molecular weight is 445 g/mol. The minimum Gasteiger partial charge on any atom is -0.374 e. The van der Waals surface area contributed by atoms with Gasteiger partial charge in [-0.1, -0.05) is 103 Å². The van der Waals surface area contributed by atoms with Crippen LogP contribution in [-0.2, 0) is 4.74 Å². The minimum absolute atomic E-state index is 0.537. The molecule has 1 heteroatoms. The second-order valence-corrected chi connectivity index (χ2v) is 11.9. The second kappa shape index (κ2) is 15.6. The zero-order valence-corrected chi connectivity index (χ0v) is 21.9. The lowest BCUT2D eigenvalue weighted by Gasteiger charge is -2.32. The first kappa shape index (κ1) is 26.3. The molecule has 0 radical (unpaired) electrons. The molecule has 0 amide bonds. The molecule has 0 aromatic heterocycles. The smallest absolute Gasteiger partial charge is 0.0651 e. The van der Waals surface area contributed by atoms with E-state index in [-0.39, 0.29) is 0 Å². The molecule has 0 N–H and O–H groups in total. The van der Waals surface area contributed by atoms with E-state index in [1.54, 1.807) is 0 Å². The van der Waals surface area contributed by atoms with Crippen molar-refractivity contribution in [2.24, 2.45) is 29.6 Å². The van der Waals surface area contributed by atoms with Crippen LogP contribution in [0, 0.1) is 29.6 Å². The molecule has 0 heterocycles. The highest BCUT2D eigenvalue weighted by atomic mass is 16.5. The summed E-state index contributed by atoms with van der Waals surface area (Å²) in [6, 6.07) is 0. The van der Waals surface area contributed by atoms with Crippen molar-refractivity contribution >= 4 is 0 Å². The van der Waals surface area contributed by atoms with Gasteiger partial charge in [-0.05, 0) is 81.0 Å². The summed E-state index contributed by atoms with van der Waals surface area (Å²) in [4.78, 5) is 0. The Morgan fingerprint density at radius 2 is 1.09 bits per heavy atom. The van der Waals surface area contributed by atoms with Crippen molar-refractivity contribution < 1.29 is 4.74 Å². The van der Waals surface area contributed by atoms with Crippen LogP contribution in [0.1, 0.15) is 142 Å². The summed E-state index contributed by atoms with van der Waals surface area (Å²) in [6.45, 7) is 5.52. The van der Waals surface area contributed by atoms with Gasteiger partial charge >= 0.3 is 0 Å². The van der Waals surface area contributed by atoms with E-state index < -0.39 is 0 Å². The van der Waals surface area contributed by atoms with E-state index in [2.05, 4.69) is 26.0 Å². The fourth-order valence-electron chi connectivity index (χ4n) is 7.07. The van der Waals surface area contributed by atoms with Crippen molar-refractivity contribution in [3.63, 3.8) is 0 Å². The van der Waals surface area contributed by atoms with Crippen molar-refractivity contribution in [1.82, 2.24) is 0 Å². The van der Waals surface area contributed by atoms with Gasteiger partial charge in [0.05, 0.1) is 12.7 Å². The number of ether oxygens (including phenoxy) is 1. The summed E-state index contributed by atoms with van der Waals surface area (Å²) in [6.07, 6.45) is 34.3. The lowest BCUT2D eigenvalue weighted by Crippen LogP contribution is -2.23. The minimum atomic E-state index is 0.537. The van der Waals surface area contributed by atoms with Gasteiger partial charge in [-0.2, -0.15) is 0 Å². The van der Waals surface area contributed by atoms with Crippen LogP contribution in [0.2, 0.25) is 0 Å². The topological polar surface area (TPSA) is 9.23 Å². The molecule has 0 aromatic carbocycles. The predicted molar refractivity (Wildman–Crippen MR) is 140 cm³/mol. The Morgan fingerprint density at radius 3 is 1.69 bits per heavy atom. The Morgan fingerprint density at radius 1 is 0.562 bits per heavy atom. The van der Waals surface area contributed by atoms with Gasteiger partial charge in [0.25, 0.3) is 0 Å². The van der Waals surface area contributed by atoms with Crippen molar-refractivity contribution in [3.05, 3.63) is 12.2 Å². The third-order valence-corrected chi connectivity index (χ3v) is 9.38. The largest absolute Gasteiger partial charge is 0.374 e. The summed E-state index contributed by atoms with van der Waals surface area (Å²) in [5.41, 5.74) is 0. The highest BCUT2D eigenvalue weighted by molar-refractivity contribution is 4.91. The summed E-state index contributed by atoms with van der Waals surface area (Å²) in [5.74, 6) is 4.95. The van der Waals surface area contributed by atoms with Crippen molar-refractivity contribution in [2.75, 3.05) is 6.61 Å². The molecule has 3 fully saturated rings. The Hall–Kier alpha value is -0.300. The van der Waals surface area contributed by atoms with Gasteiger partial charge in [0, 0.05) is 0 Å². The van der Waals surface area contributed by atoms with Gasteiger partial charge in [-0.15, -0.1) is 0 Å². The third-order valence-electron chi connectivity index (χ3n) is 9.38. The maximum atomic E-state index is 6.25. The van der Waals surface area contributed by atoms with E-state index in [4.69, 9.17) is 4.74 Å². The third kappa shape index (κ3) is 9.90. The lowest BCUT2D eigenvalue weighted by atomic mass is 9.76. The van der Waals surface area contributed by atoms with Crippen LogP contribution in [0.5, 0.6) is 0 Å². The van der Waals surface area contributed by atoms with Crippen LogP contribution in [0.15, 0.2) is 12.2 Å². The van der Waals surface area contributed by atoms with Crippen molar-refractivity contribution in [2.45, 2.75) is 148 Å². The van der Waals surface area contributed by atoms with Crippen molar-refractivity contribution in [1.29, 1.82) is 0 Å². The number of hydrogen-bond donors (Lipinski definition) is 0. The van der Waals surface area contributed by atoms with Crippen molar-refractivity contribution in [3.8, 4) is 0 Å². The van der Waals surface area contributed by atoms with Crippen LogP contribution in [0.3, 0.4) is 0 Å². The molecule has 0 aromatic rings. The van der Waals surface area contributed by atoms with E-state index in [9.17, 15) is 0 Å². The molecule has 3 aliphatic carbocycles. The zero-order chi connectivity index (χ0) is 22.4. The number of rotatable bonds is 13. The summed E-state index contributed by atoms with van der Waals surface area (Å²) in [5, 5.41) is 0. The first-order valence-corrected chi connectivity index (χ1v) is 15.0. The predicted octanol–water partition coefficient (Wildman–Crippen LogP) is 9.89. The van der Waals surface area contributed by atoms with Crippen LogP contribution >= 0.6 is 0 Å². The normalized spacial score (nSPS) is 34.2. The number of hydrogen-bond acceptors (Lipinski definition) is 1. The Bertz CT molecular complexity index is 473.